The molecule has 0 aromatic heterocycles. The molecule has 4 unspecified atom stereocenters. The molecule has 0 amide bonds. The molecule has 0 heterocycles. The number of hydrogen-bond acceptors (Lipinski definition) is 4. The van der Waals surface area contributed by atoms with E-state index in [1.54, 1.807) is 12.2 Å². The van der Waals surface area contributed by atoms with Crippen molar-refractivity contribution in [3.8, 4) is 0 Å². The Morgan fingerprint density at radius 1 is 0.750 bits per heavy atom. The summed E-state index contributed by atoms with van der Waals surface area (Å²) < 4.78 is 0. The number of rotatable bonds is 11. The van der Waals surface area contributed by atoms with Gasteiger partial charge in [0.2, 0.25) is 12.2 Å². The van der Waals surface area contributed by atoms with E-state index in [9.17, 15) is 9.59 Å². The molecule has 0 N–H and O–H groups in total. The van der Waals surface area contributed by atoms with Gasteiger partial charge in [0.05, 0.1) is 12.1 Å². The smallest absolute Gasteiger partial charge is 0.211 e. The molecule has 0 spiro atoms. The minimum atomic E-state index is -0.0272. The zero-order valence-corrected chi connectivity index (χ0v) is 15.7. The summed E-state index contributed by atoms with van der Waals surface area (Å²) in [5.41, 5.74) is 0. The van der Waals surface area contributed by atoms with Crippen LogP contribution in [0.2, 0.25) is 0 Å². The van der Waals surface area contributed by atoms with E-state index >= 15 is 0 Å². The molecule has 136 valence electrons. The predicted octanol–water partition coefficient (Wildman–Crippen LogP) is 5.22. The van der Waals surface area contributed by atoms with Crippen LogP contribution in [-0.4, -0.2) is 24.2 Å². The monoisotopic (exact) mass is 334 g/mol. The summed E-state index contributed by atoms with van der Waals surface area (Å²) in [7, 11) is 0. The molecule has 4 nitrogen and oxygen atoms in total. The molecular formula is C20H34N2O2. The zero-order valence-electron chi connectivity index (χ0n) is 15.7. The molecule has 0 saturated heterocycles. The second-order valence-electron chi connectivity index (χ2n) is 7.27. The molecule has 0 bridgehead atoms. The first kappa shape index (κ1) is 20.8. The van der Waals surface area contributed by atoms with Crippen LogP contribution in [-0.2, 0) is 9.59 Å². The quantitative estimate of drug-likeness (QED) is 0.384. The van der Waals surface area contributed by atoms with E-state index in [-0.39, 0.29) is 18.0 Å². The van der Waals surface area contributed by atoms with Gasteiger partial charge in [-0.05, 0) is 37.5 Å². The molecule has 0 radical (unpaired) electrons. The SMILES string of the molecule is CCCCC1CC(CCCC)C(N=C=O)C(CCCC)C1N=C=O. The van der Waals surface area contributed by atoms with Gasteiger partial charge in [0.15, 0.2) is 0 Å². The average Bonchev–Trinajstić information content (AvgIpc) is 2.59. The second kappa shape index (κ2) is 12.2. The third-order valence-electron chi connectivity index (χ3n) is 5.60. The molecule has 1 aliphatic carbocycles. The van der Waals surface area contributed by atoms with E-state index in [4.69, 9.17) is 0 Å². The molecule has 4 heteroatoms. The molecule has 4 atom stereocenters. The number of carbonyl (C=O) groups excluding carboxylic acids is 2. The number of aliphatic imine (C=N–C) groups is 2. The van der Waals surface area contributed by atoms with E-state index in [2.05, 4.69) is 30.8 Å². The van der Waals surface area contributed by atoms with Gasteiger partial charge in [0.1, 0.15) is 0 Å². The first-order valence-corrected chi connectivity index (χ1v) is 9.87. The van der Waals surface area contributed by atoms with Gasteiger partial charge in [-0.2, -0.15) is 0 Å². The second-order valence-corrected chi connectivity index (χ2v) is 7.27. The standard InChI is InChI=1S/C20H34N2O2/c1-4-7-10-16-13-17(11-8-5-2)20(22-15-24)18(12-9-6-3)19(16)21-14-23/h16-20H,4-13H2,1-3H3. The van der Waals surface area contributed by atoms with Crippen molar-refractivity contribution < 1.29 is 9.59 Å². The lowest BCUT2D eigenvalue weighted by molar-refractivity contribution is 0.110. The lowest BCUT2D eigenvalue weighted by atomic mass is 9.65. The Kier molecular flexibility index (Phi) is 10.5. The average molecular weight is 335 g/mol. The molecule has 0 aromatic rings. The van der Waals surface area contributed by atoms with Gasteiger partial charge in [0.25, 0.3) is 0 Å². The lowest BCUT2D eigenvalue weighted by Crippen LogP contribution is -2.45. The number of unbranched alkanes of at least 4 members (excludes halogenated alkanes) is 3. The number of isocyanates is 2. The van der Waals surface area contributed by atoms with Gasteiger partial charge in [-0.25, -0.2) is 19.6 Å². The van der Waals surface area contributed by atoms with Crippen LogP contribution in [0, 0.1) is 17.8 Å². The van der Waals surface area contributed by atoms with E-state index in [1.807, 2.05) is 0 Å². The van der Waals surface area contributed by atoms with Gasteiger partial charge in [-0.1, -0.05) is 59.3 Å². The maximum absolute atomic E-state index is 11.0. The zero-order chi connectivity index (χ0) is 17.8. The summed E-state index contributed by atoms with van der Waals surface area (Å²) >= 11 is 0. The van der Waals surface area contributed by atoms with Gasteiger partial charge in [-0.15, -0.1) is 0 Å². The molecule has 24 heavy (non-hydrogen) atoms. The van der Waals surface area contributed by atoms with Gasteiger partial charge < -0.3 is 0 Å². The predicted molar refractivity (Wildman–Crippen MR) is 97.5 cm³/mol. The Labute approximate surface area is 147 Å². The lowest BCUT2D eigenvalue weighted by Gasteiger charge is -2.43. The minimum absolute atomic E-state index is 0.0272. The molecule has 0 aromatic carbocycles. The Morgan fingerprint density at radius 2 is 1.17 bits per heavy atom. The highest BCUT2D eigenvalue weighted by Crippen LogP contribution is 2.43. The van der Waals surface area contributed by atoms with Crippen molar-refractivity contribution in [2.75, 3.05) is 0 Å². The van der Waals surface area contributed by atoms with Crippen LogP contribution in [0.3, 0.4) is 0 Å². The summed E-state index contributed by atoms with van der Waals surface area (Å²) in [5.74, 6) is 1.03. The first-order chi connectivity index (χ1) is 11.7. The van der Waals surface area contributed by atoms with Crippen molar-refractivity contribution in [1.29, 1.82) is 0 Å². The maximum Gasteiger partial charge on any atom is 0.235 e. The van der Waals surface area contributed by atoms with Crippen molar-refractivity contribution in [1.82, 2.24) is 0 Å². The first-order valence-electron chi connectivity index (χ1n) is 9.87. The van der Waals surface area contributed by atoms with E-state index in [0.717, 1.165) is 64.2 Å². The Hall–Kier alpha value is -1.24. The van der Waals surface area contributed by atoms with Gasteiger partial charge in [-0.3, -0.25) is 0 Å². The van der Waals surface area contributed by atoms with Crippen molar-refractivity contribution in [2.24, 2.45) is 27.7 Å². The van der Waals surface area contributed by atoms with Gasteiger partial charge >= 0.3 is 0 Å². The van der Waals surface area contributed by atoms with Crippen LogP contribution < -0.4 is 0 Å². The summed E-state index contributed by atoms with van der Waals surface area (Å²) in [4.78, 5) is 30.5. The highest BCUT2D eigenvalue weighted by atomic mass is 16.1. The number of hydrogen-bond donors (Lipinski definition) is 0. The summed E-state index contributed by atoms with van der Waals surface area (Å²) in [6.07, 6.45) is 14.7. The van der Waals surface area contributed by atoms with Crippen molar-refractivity contribution in [2.45, 2.75) is 97.1 Å². The third-order valence-corrected chi connectivity index (χ3v) is 5.60. The summed E-state index contributed by atoms with van der Waals surface area (Å²) in [6, 6.07) is -0.0545. The van der Waals surface area contributed by atoms with E-state index in [0.29, 0.717) is 11.8 Å². The normalized spacial score (nSPS) is 29.5. The number of nitrogens with zero attached hydrogens (tertiary/aromatic N) is 2. The van der Waals surface area contributed by atoms with Crippen LogP contribution in [0.4, 0.5) is 0 Å². The van der Waals surface area contributed by atoms with Crippen LogP contribution in [0.15, 0.2) is 9.98 Å². The van der Waals surface area contributed by atoms with Crippen molar-refractivity contribution >= 4 is 12.2 Å². The summed E-state index contributed by atoms with van der Waals surface area (Å²) in [6.45, 7) is 6.56. The van der Waals surface area contributed by atoms with Crippen LogP contribution in [0.25, 0.3) is 0 Å². The van der Waals surface area contributed by atoms with Crippen molar-refractivity contribution in [3.05, 3.63) is 0 Å². The topological polar surface area (TPSA) is 58.9 Å². The third kappa shape index (κ3) is 6.00. The fourth-order valence-electron chi connectivity index (χ4n) is 4.38. The van der Waals surface area contributed by atoms with Crippen molar-refractivity contribution in [3.63, 3.8) is 0 Å². The van der Waals surface area contributed by atoms with E-state index in [1.165, 1.54) is 0 Å². The van der Waals surface area contributed by atoms with Crippen LogP contribution in [0.1, 0.15) is 85.0 Å². The fraction of sp³-hybridized carbons (Fsp3) is 0.900. The molecule has 1 fully saturated rings. The van der Waals surface area contributed by atoms with Crippen LogP contribution in [0.5, 0.6) is 0 Å². The van der Waals surface area contributed by atoms with Gasteiger partial charge in [0, 0.05) is 5.92 Å². The van der Waals surface area contributed by atoms with Crippen LogP contribution >= 0.6 is 0 Å². The minimum Gasteiger partial charge on any atom is -0.211 e. The molecule has 0 aliphatic heterocycles. The Morgan fingerprint density at radius 3 is 1.54 bits per heavy atom. The Balaban J connectivity index is 3.10. The highest BCUT2D eigenvalue weighted by molar-refractivity contribution is 5.35. The molecule has 1 saturated carbocycles. The highest BCUT2D eigenvalue weighted by Gasteiger charge is 2.44. The largest absolute Gasteiger partial charge is 0.235 e. The Bertz CT molecular complexity index is 403. The molecule has 1 rings (SSSR count). The summed E-state index contributed by atoms with van der Waals surface area (Å²) in [5, 5.41) is 0. The molecule has 1 aliphatic rings. The fourth-order valence-corrected chi connectivity index (χ4v) is 4.38. The molecular weight excluding hydrogens is 300 g/mol. The maximum atomic E-state index is 11.0. The van der Waals surface area contributed by atoms with E-state index < -0.39 is 0 Å².